The first kappa shape index (κ1) is 24.3. The van der Waals surface area contributed by atoms with Crippen molar-refractivity contribution in [1.29, 1.82) is 0 Å². The van der Waals surface area contributed by atoms with Gasteiger partial charge in [0.25, 0.3) is 5.56 Å². The van der Waals surface area contributed by atoms with E-state index >= 15 is 0 Å². The molecule has 0 aliphatic carbocycles. The Morgan fingerprint density at radius 3 is 2.25 bits per heavy atom. The Balaban J connectivity index is 1.16. The number of aryl methyl sites for hydroxylation is 1. The van der Waals surface area contributed by atoms with Gasteiger partial charge >= 0.3 is 0 Å². The first-order chi connectivity index (χ1) is 17.6. The lowest BCUT2D eigenvalue weighted by atomic mass is 10.1. The van der Waals surface area contributed by atoms with E-state index in [0.29, 0.717) is 12.5 Å². The molecule has 2 fully saturated rings. The zero-order chi connectivity index (χ0) is 24.9. The summed E-state index contributed by atoms with van der Waals surface area (Å²) in [6, 6.07) is 18.5. The summed E-state index contributed by atoms with van der Waals surface area (Å²) in [7, 11) is 1.70. The average Bonchev–Trinajstić information content (AvgIpc) is 2.90. The van der Waals surface area contributed by atoms with Crippen molar-refractivity contribution in [2.24, 2.45) is 0 Å². The third-order valence-corrected chi connectivity index (χ3v) is 7.21. The number of para-hydroxylation sites is 1. The highest BCUT2D eigenvalue weighted by atomic mass is 16.5. The van der Waals surface area contributed by atoms with E-state index in [-0.39, 0.29) is 5.56 Å². The molecule has 190 valence electrons. The number of benzene rings is 2. The molecule has 0 unspecified atom stereocenters. The van der Waals surface area contributed by atoms with Crippen molar-refractivity contribution in [3.05, 3.63) is 81.8 Å². The summed E-state index contributed by atoms with van der Waals surface area (Å²) < 4.78 is 5.35. The second-order valence-corrected chi connectivity index (χ2v) is 9.72. The quantitative estimate of drug-likeness (QED) is 0.549. The molecular formula is C28H36N6O2. The fourth-order valence-electron chi connectivity index (χ4n) is 5.17. The summed E-state index contributed by atoms with van der Waals surface area (Å²) in [4.78, 5) is 29.8. The Bertz CT molecular complexity index is 1210. The van der Waals surface area contributed by atoms with Crippen molar-refractivity contribution in [1.82, 2.24) is 19.8 Å². The maximum absolute atomic E-state index is 12.5. The zero-order valence-electron chi connectivity index (χ0n) is 21.3. The van der Waals surface area contributed by atoms with Crippen LogP contribution in [0.1, 0.15) is 16.8 Å². The van der Waals surface area contributed by atoms with Gasteiger partial charge in [0, 0.05) is 77.2 Å². The molecule has 0 radical (unpaired) electrons. The number of H-pyrrole nitrogens is 1. The standard InChI is InChI=1S/C28H36N6O2/c1-22-6-3-4-9-26(22)33-14-10-32(11-15-33)21-24-19-27(35)30-28(29-24)34-16-12-31(13-17-34)20-23-7-5-8-25(18-23)36-2/h3-9,18-19H,10-17,20-21H2,1-2H3,(H,29,30,35). The fraction of sp³-hybridized carbons (Fsp3) is 0.429. The molecule has 0 spiro atoms. The van der Waals surface area contributed by atoms with Crippen LogP contribution in [0.25, 0.3) is 0 Å². The van der Waals surface area contributed by atoms with Gasteiger partial charge in [-0.1, -0.05) is 30.3 Å². The molecule has 3 heterocycles. The summed E-state index contributed by atoms with van der Waals surface area (Å²) in [5, 5.41) is 0. The number of piperazine rings is 2. The summed E-state index contributed by atoms with van der Waals surface area (Å²) >= 11 is 0. The number of nitrogens with one attached hydrogen (secondary N) is 1. The number of nitrogens with zero attached hydrogens (tertiary/aromatic N) is 5. The van der Waals surface area contributed by atoms with Crippen LogP contribution >= 0.6 is 0 Å². The molecule has 0 saturated carbocycles. The molecule has 5 rings (SSSR count). The lowest BCUT2D eigenvalue weighted by molar-refractivity contribution is 0.244. The molecule has 2 saturated heterocycles. The maximum atomic E-state index is 12.5. The summed E-state index contributed by atoms with van der Waals surface area (Å²) in [5.41, 5.74) is 4.65. The Labute approximate surface area is 213 Å². The second kappa shape index (κ2) is 11.1. The summed E-state index contributed by atoms with van der Waals surface area (Å²) in [6.45, 7) is 11.2. The number of hydrogen-bond donors (Lipinski definition) is 1. The van der Waals surface area contributed by atoms with Crippen molar-refractivity contribution < 1.29 is 4.74 Å². The lowest BCUT2D eigenvalue weighted by Gasteiger charge is -2.37. The predicted molar refractivity (Wildman–Crippen MR) is 144 cm³/mol. The van der Waals surface area contributed by atoms with E-state index in [1.165, 1.54) is 16.8 Å². The summed E-state index contributed by atoms with van der Waals surface area (Å²) in [5.74, 6) is 1.58. The van der Waals surface area contributed by atoms with Crippen LogP contribution < -0.4 is 20.1 Å². The number of aromatic amines is 1. The predicted octanol–water partition coefficient (Wildman–Crippen LogP) is 2.73. The minimum Gasteiger partial charge on any atom is -0.497 e. The van der Waals surface area contributed by atoms with E-state index < -0.39 is 0 Å². The van der Waals surface area contributed by atoms with Crippen LogP contribution in [0, 0.1) is 6.92 Å². The molecule has 1 aromatic heterocycles. The van der Waals surface area contributed by atoms with Crippen LogP contribution in [0.5, 0.6) is 5.75 Å². The van der Waals surface area contributed by atoms with Gasteiger partial charge in [-0.2, -0.15) is 0 Å². The van der Waals surface area contributed by atoms with Gasteiger partial charge in [0.2, 0.25) is 5.95 Å². The highest BCUT2D eigenvalue weighted by molar-refractivity contribution is 5.53. The Kier molecular flexibility index (Phi) is 7.53. The molecule has 8 heteroatoms. The van der Waals surface area contributed by atoms with Crippen LogP contribution in [-0.4, -0.2) is 79.2 Å². The lowest BCUT2D eigenvalue weighted by Crippen LogP contribution is -2.47. The molecule has 8 nitrogen and oxygen atoms in total. The number of ether oxygens (including phenoxy) is 1. The van der Waals surface area contributed by atoms with Gasteiger partial charge in [0.1, 0.15) is 5.75 Å². The first-order valence-corrected chi connectivity index (χ1v) is 12.8. The average molecular weight is 489 g/mol. The van der Waals surface area contributed by atoms with Gasteiger partial charge in [0.05, 0.1) is 12.8 Å². The molecule has 0 atom stereocenters. The summed E-state index contributed by atoms with van der Waals surface area (Å²) in [6.07, 6.45) is 0. The minimum atomic E-state index is -0.0765. The third kappa shape index (κ3) is 5.88. The van der Waals surface area contributed by atoms with Gasteiger partial charge < -0.3 is 14.5 Å². The Morgan fingerprint density at radius 2 is 1.53 bits per heavy atom. The van der Waals surface area contributed by atoms with Crippen LogP contribution in [-0.2, 0) is 13.1 Å². The molecule has 2 aliphatic rings. The smallest absolute Gasteiger partial charge is 0.252 e. The number of methoxy groups -OCH3 is 1. The van der Waals surface area contributed by atoms with Crippen molar-refractivity contribution in [3.8, 4) is 5.75 Å². The van der Waals surface area contributed by atoms with E-state index in [2.05, 4.69) is 67.9 Å². The number of aromatic nitrogens is 2. The maximum Gasteiger partial charge on any atom is 0.252 e. The molecule has 3 aromatic rings. The zero-order valence-corrected chi connectivity index (χ0v) is 21.3. The molecule has 0 amide bonds. The van der Waals surface area contributed by atoms with Crippen LogP contribution in [0.4, 0.5) is 11.6 Å². The highest BCUT2D eigenvalue weighted by Crippen LogP contribution is 2.21. The number of hydrogen-bond acceptors (Lipinski definition) is 7. The molecule has 2 aliphatic heterocycles. The van der Waals surface area contributed by atoms with E-state index in [0.717, 1.165) is 70.3 Å². The highest BCUT2D eigenvalue weighted by Gasteiger charge is 2.22. The first-order valence-electron chi connectivity index (χ1n) is 12.8. The minimum absolute atomic E-state index is 0.0765. The molecule has 36 heavy (non-hydrogen) atoms. The van der Waals surface area contributed by atoms with Crippen LogP contribution in [0.2, 0.25) is 0 Å². The van der Waals surface area contributed by atoms with Gasteiger partial charge in [-0.25, -0.2) is 4.98 Å². The normalized spacial score (nSPS) is 17.4. The van der Waals surface area contributed by atoms with Gasteiger partial charge in [0.15, 0.2) is 0 Å². The Hall–Kier alpha value is -3.36. The SMILES string of the molecule is COc1cccc(CN2CCN(c3nc(CN4CCN(c5ccccc5C)CC4)cc(=O)[nH]3)CC2)c1. The van der Waals surface area contributed by atoms with E-state index in [1.54, 1.807) is 13.2 Å². The monoisotopic (exact) mass is 488 g/mol. The van der Waals surface area contributed by atoms with E-state index in [9.17, 15) is 4.79 Å². The van der Waals surface area contributed by atoms with Crippen molar-refractivity contribution in [2.45, 2.75) is 20.0 Å². The topological polar surface area (TPSA) is 67.9 Å². The van der Waals surface area contributed by atoms with Crippen LogP contribution in [0.15, 0.2) is 59.4 Å². The van der Waals surface area contributed by atoms with Crippen molar-refractivity contribution in [3.63, 3.8) is 0 Å². The molecule has 0 bridgehead atoms. The number of anilines is 2. The number of rotatable bonds is 7. The van der Waals surface area contributed by atoms with E-state index in [1.807, 2.05) is 12.1 Å². The largest absolute Gasteiger partial charge is 0.497 e. The molecular weight excluding hydrogens is 452 g/mol. The van der Waals surface area contributed by atoms with E-state index in [4.69, 9.17) is 9.72 Å². The van der Waals surface area contributed by atoms with Gasteiger partial charge in [-0.3, -0.25) is 19.6 Å². The second-order valence-electron chi connectivity index (χ2n) is 9.72. The van der Waals surface area contributed by atoms with Gasteiger partial charge in [-0.05, 0) is 36.2 Å². The fourth-order valence-corrected chi connectivity index (χ4v) is 5.17. The van der Waals surface area contributed by atoms with Crippen molar-refractivity contribution in [2.75, 3.05) is 69.3 Å². The Morgan fingerprint density at radius 1 is 0.833 bits per heavy atom. The van der Waals surface area contributed by atoms with Gasteiger partial charge in [-0.15, -0.1) is 0 Å². The third-order valence-electron chi connectivity index (χ3n) is 7.21. The van der Waals surface area contributed by atoms with Crippen LogP contribution in [0.3, 0.4) is 0 Å². The van der Waals surface area contributed by atoms with Crippen molar-refractivity contribution >= 4 is 11.6 Å². The molecule has 1 N–H and O–H groups in total. The molecule has 2 aromatic carbocycles.